The Morgan fingerprint density at radius 2 is 1.82 bits per heavy atom. The number of hydrogen-bond acceptors (Lipinski definition) is 8. The van der Waals surface area contributed by atoms with Crippen LogP contribution in [-0.4, -0.2) is 51.6 Å². The van der Waals surface area contributed by atoms with E-state index < -0.39 is 20.0 Å². The summed E-state index contributed by atoms with van der Waals surface area (Å²) < 4.78 is 40.9. The number of hydrogen-bond donors (Lipinski definition) is 1. The molecular weight excluding hydrogens is 484 g/mol. The number of sulfone groups is 1. The highest BCUT2D eigenvalue weighted by Gasteiger charge is 2.21. The monoisotopic (exact) mass is 514 g/mol. The van der Waals surface area contributed by atoms with Crippen molar-refractivity contribution in [3.63, 3.8) is 0 Å². The lowest BCUT2D eigenvalue weighted by atomic mass is 10.1. The van der Waals surface area contributed by atoms with Crippen LogP contribution in [-0.2, 0) is 19.3 Å². The highest BCUT2D eigenvalue weighted by Crippen LogP contribution is 2.36. The summed E-state index contributed by atoms with van der Waals surface area (Å²) in [5.74, 6) is 0.565. The molecule has 9 nitrogen and oxygen atoms in total. The van der Waals surface area contributed by atoms with Crippen LogP contribution in [0.1, 0.15) is 33.6 Å². The molecular formula is C23H31ClN2O7S. The minimum absolute atomic E-state index is 0.0518. The number of nitro groups is 1. The molecule has 0 aliphatic rings. The molecule has 188 valence electrons. The second kappa shape index (κ2) is 12.9. The first-order valence-electron chi connectivity index (χ1n) is 10.9. The quantitative estimate of drug-likeness (QED) is 0.200. The van der Waals surface area contributed by atoms with E-state index in [1.54, 1.807) is 21.0 Å². The molecule has 0 bridgehead atoms. The molecule has 0 aromatic heterocycles. The normalized spacial score (nSPS) is 12.5. The van der Waals surface area contributed by atoms with Gasteiger partial charge in [-0.15, -0.1) is 0 Å². The molecule has 0 amide bonds. The molecule has 0 saturated heterocycles. The zero-order valence-corrected chi connectivity index (χ0v) is 21.3. The van der Waals surface area contributed by atoms with Crippen LogP contribution in [0.2, 0.25) is 5.02 Å². The molecule has 11 heteroatoms. The number of benzene rings is 2. The van der Waals surface area contributed by atoms with Crippen molar-refractivity contribution in [1.82, 2.24) is 0 Å². The van der Waals surface area contributed by atoms with Crippen molar-refractivity contribution >= 4 is 32.8 Å². The van der Waals surface area contributed by atoms with Gasteiger partial charge < -0.3 is 19.5 Å². The van der Waals surface area contributed by atoms with Gasteiger partial charge in [-0.25, -0.2) is 8.42 Å². The van der Waals surface area contributed by atoms with Crippen molar-refractivity contribution in [3.05, 3.63) is 51.5 Å². The van der Waals surface area contributed by atoms with E-state index in [2.05, 4.69) is 5.32 Å². The Kier molecular flexibility index (Phi) is 10.6. The van der Waals surface area contributed by atoms with Gasteiger partial charge in [0.15, 0.2) is 9.84 Å². The van der Waals surface area contributed by atoms with Gasteiger partial charge in [0.25, 0.3) is 5.69 Å². The fourth-order valence-electron chi connectivity index (χ4n) is 3.07. The number of nitro benzene ring substituents is 1. The van der Waals surface area contributed by atoms with Gasteiger partial charge in [-0.1, -0.05) is 11.6 Å². The molecule has 2 aromatic carbocycles. The number of rotatable bonds is 14. The molecule has 0 aliphatic heterocycles. The first-order chi connectivity index (χ1) is 16.1. The molecule has 34 heavy (non-hydrogen) atoms. The van der Waals surface area contributed by atoms with Gasteiger partial charge in [-0.2, -0.15) is 0 Å². The summed E-state index contributed by atoms with van der Waals surface area (Å²) in [6, 6.07) is 8.53. The molecule has 0 spiro atoms. The van der Waals surface area contributed by atoms with Crippen LogP contribution in [0.3, 0.4) is 0 Å². The third kappa shape index (κ3) is 7.83. The van der Waals surface area contributed by atoms with Gasteiger partial charge >= 0.3 is 0 Å². The Bertz CT molecular complexity index is 1080. The van der Waals surface area contributed by atoms with E-state index in [1.807, 2.05) is 6.92 Å². The fraction of sp³-hybridized carbons (Fsp3) is 0.478. The topological polar surface area (TPSA) is 117 Å². The number of ether oxygens (including phenoxy) is 3. The van der Waals surface area contributed by atoms with Crippen LogP contribution in [0, 0.1) is 10.1 Å². The first-order valence-corrected chi connectivity index (χ1v) is 12.8. The van der Waals surface area contributed by atoms with E-state index in [-0.39, 0.29) is 27.4 Å². The van der Waals surface area contributed by atoms with Crippen molar-refractivity contribution in [3.8, 4) is 11.5 Å². The van der Waals surface area contributed by atoms with Crippen LogP contribution < -0.4 is 10.1 Å². The summed E-state index contributed by atoms with van der Waals surface area (Å²) in [6.07, 6.45) is 1.52. The second-order valence-electron chi connectivity index (χ2n) is 8.02. The smallest absolute Gasteiger partial charge is 0.292 e. The highest BCUT2D eigenvalue weighted by molar-refractivity contribution is 7.92. The summed E-state index contributed by atoms with van der Waals surface area (Å²) in [4.78, 5) is 11.1. The third-order valence-corrected chi connectivity index (χ3v) is 7.45. The largest absolute Gasteiger partial charge is 0.456 e. The molecule has 1 N–H and O–H groups in total. The van der Waals surface area contributed by atoms with E-state index in [4.69, 9.17) is 25.8 Å². The van der Waals surface area contributed by atoms with Crippen molar-refractivity contribution < 1.29 is 27.6 Å². The van der Waals surface area contributed by atoms with Gasteiger partial charge in [-0.05, 0) is 57.9 Å². The maximum Gasteiger partial charge on any atom is 0.292 e. The van der Waals surface area contributed by atoms with E-state index in [0.29, 0.717) is 31.3 Å². The molecule has 0 fully saturated rings. The lowest BCUT2D eigenvalue weighted by Gasteiger charge is -2.17. The van der Waals surface area contributed by atoms with E-state index in [0.717, 1.165) is 12.8 Å². The molecule has 0 saturated carbocycles. The minimum Gasteiger partial charge on any atom is -0.456 e. The maximum absolute atomic E-state index is 12.4. The number of anilines is 1. The molecule has 2 rings (SSSR count). The lowest BCUT2D eigenvalue weighted by Crippen LogP contribution is -2.17. The van der Waals surface area contributed by atoms with Gasteiger partial charge in [-0.3, -0.25) is 10.1 Å². The fourth-order valence-corrected chi connectivity index (χ4v) is 4.44. The number of methoxy groups -OCH3 is 1. The maximum atomic E-state index is 12.4. The van der Waals surface area contributed by atoms with Crippen molar-refractivity contribution in [1.29, 1.82) is 0 Å². The van der Waals surface area contributed by atoms with Crippen molar-refractivity contribution in [2.24, 2.45) is 0 Å². The zero-order valence-electron chi connectivity index (χ0n) is 19.7. The molecule has 2 aromatic rings. The van der Waals surface area contributed by atoms with Crippen LogP contribution in [0.15, 0.2) is 41.3 Å². The summed E-state index contributed by atoms with van der Waals surface area (Å²) >= 11 is 6.27. The lowest BCUT2D eigenvalue weighted by molar-refractivity contribution is -0.384. The highest BCUT2D eigenvalue weighted by atomic mass is 35.5. The predicted molar refractivity (Wildman–Crippen MR) is 132 cm³/mol. The van der Waals surface area contributed by atoms with Gasteiger partial charge in [0.05, 0.1) is 33.3 Å². The summed E-state index contributed by atoms with van der Waals surface area (Å²) in [5.41, 5.74) is 0.227. The Morgan fingerprint density at radius 1 is 1.09 bits per heavy atom. The molecule has 1 atom stereocenters. The summed E-state index contributed by atoms with van der Waals surface area (Å²) in [5, 5.41) is 14.2. The van der Waals surface area contributed by atoms with Crippen LogP contribution >= 0.6 is 11.6 Å². The second-order valence-corrected chi connectivity index (χ2v) is 10.9. The Balaban J connectivity index is 2.13. The Hall–Kier alpha value is -2.40. The number of nitrogens with one attached hydrogen (secondary N) is 1. The minimum atomic E-state index is -3.48. The SMILES string of the molecule is COCCOCCCC(C)Nc1cc(Oc2ccc(S(=O)(=O)C(C)C)cc2Cl)ccc1[N+](=O)[O-]. The van der Waals surface area contributed by atoms with Crippen LogP contribution in [0.5, 0.6) is 11.5 Å². The van der Waals surface area contributed by atoms with E-state index in [1.165, 1.54) is 36.4 Å². The van der Waals surface area contributed by atoms with Crippen LogP contribution in [0.4, 0.5) is 11.4 Å². The summed E-state index contributed by atoms with van der Waals surface area (Å²) in [6.45, 7) is 6.74. The zero-order chi connectivity index (χ0) is 25.3. The Morgan fingerprint density at radius 3 is 2.44 bits per heavy atom. The van der Waals surface area contributed by atoms with Gasteiger partial charge in [0.1, 0.15) is 17.2 Å². The molecule has 0 aliphatic carbocycles. The first kappa shape index (κ1) is 27.8. The average molecular weight is 515 g/mol. The van der Waals surface area contributed by atoms with Crippen molar-refractivity contribution in [2.75, 3.05) is 32.2 Å². The average Bonchev–Trinajstić information content (AvgIpc) is 2.77. The number of nitrogens with zero attached hydrogens (tertiary/aromatic N) is 1. The van der Waals surface area contributed by atoms with Gasteiger partial charge in [0.2, 0.25) is 0 Å². The standard InChI is InChI=1S/C23H31ClN2O7S/c1-16(2)34(29,30)19-8-10-23(20(24)15-19)33-18-7-9-22(26(27)28)21(14-18)25-17(3)6-5-11-32-13-12-31-4/h7-10,14-17,25H,5-6,11-13H2,1-4H3. The molecule has 0 radical (unpaired) electrons. The molecule has 1 unspecified atom stereocenters. The van der Waals surface area contributed by atoms with Crippen molar-refractivity contribution in [2.45, 2.75) is 49.8 Å². The van der Waals surface area contributed by atoms with Gasteiger partial charge in [0, 0.05) is 31.9 Å². The van der Waals surface area contributed by atoms with Crippen LogP contribution in [0.25, 0.3) is 0 Å². The van der Waals surface area contributed by atoms with E-state index in [9.17, 15) is 18.5 Å². The predicted octanol–water partition coefficient (Wildman–Crippen LogP) is 5.47. The van der Waals surface area contributed by atoms with E-state index >= 15 is 0 Å². The molecule has 0 heterocycles. The Labute approximate surface area is 205 Å². The number of halogens is 1. The third-order valence-electron chi connectivity index (χ3n) is 5.00. The summed E-state index contributed by atoms with van der Waals surface area (Å²) in [7, 11) is -1.87.